The molecule has 0 aliphatic carbocycles. The first-order valence-corrected chi connectivity index (χ1v) is 8.66. The van der Waals surface area contributed by atoms with Crippen molar-refractivity contribution < 1.29 is 14.3 Å². The molecule has 0 spiro atoms. The standard InChI is InChI=1S/C19H28N2O3/c1-5-6-18(22)20-7-9-21(10-8-20)19(23)13-16-15(3)11-14(2)12-17(16)24-4/h11-12H,5-10,13H2,1-4H3. The summed E-state index contributed by atoms with van der Waals surface area (Å²) in [5.41, 5.74) is 3.16. The lowest BCUT2D eigenvalue weighted by molar-refractivity contribution is -0.139. The molecule has 1 aromatic carbocycles. The summed E-state index contributed by atoms with van der Waals surface area (Å²) < 4.78 is 5.45. The summed E-state index contributed by atoms with van der Waals surface area (Å²) in [5, 5.41) is 0. The number of hydrogen-bond acceptors (Lipinski definition) is 3. The van der Waals surface area contributed by atoms with E-state index in [-0.39, 0.29) is 11.8 Å². The fourth-order valence-corrected chi connectivity index (χ4v) is 3.21. The third-order valence-electron chi connectivity index (χ3n) is 4.57. The van der Waals surface area contributed by atoms with E-state index in [1.54, 1.807) is 7.11 Å². The van der Waals surface area contributed by atoms with Crippen LogP contribution in [0.4, 0.5) is 0 Å². The van der Waals surface area contributed by atoms with E-state index in [0.717, 1.165) is 28.9 Å². The molecule has 2 amide bonds. The van der Waals surface area contributed by atoms with Gasteiger partial charge >= 0.3 is 0 Å². The summed E-state index contributed by atoms with van der Waals surface area (Å²) >= 11 is 0. The third-order valence-corrected chi connectivity index (χ3v) is 4.57. The predicted molar refractivity (Wildman–Crippen MR) is 94.2 cm³/mol. The molecular formula is C19H28N2O3. The summed E-state index contributed by atoms with van der Waals surface area (Å²) in [4.78, 5) is 28.3. The van der Waals surface area contributed by atoms with E-state index in [1.165, 1.54) is 0 Å². The Kier molecular flexibility index (Phi) is 6.23. The normalized spacial score (nSPS) is 14.7. The smallest absolute Gasteiger partial charge is 0.227 e. The van der Waals surface area contributed by atoms with Crippen molar-refractivity contribution in [2.75, 3.05) is 33.3 Å². The zero-order valence-corrected chi connectivity index (χ0v) is 15.2. The molecule has 24 heavy (non-hydrogen) atoms. The van der Waals surface area contributed by atoms with Crippen LogP contribution >= 0.6 is 0 Å². The number of ether oxygens (including phenoxy) is 1. The van der Waals surface area contributed by atoms with Gasteiger partial charge in [-0.25, -0.2) is 0 Å². The van der Waals surface area contributed by atoms with Crippen molar-refractivity contribution in [1.29, 1.82) is 0 Å². The topological polar surface area (TPSA) is 49.9 Å². The van der Waals surface area contributed by atoms with E-state index < -0.39 is 0 Å². The van der Waals surface area contributed by atoms with Crippen molar-refractivity contribution in [3.63, 3.8) is 0 Å². The summed E-state index contributed by atoms with van der Waals surface area (Å²) in [6.45, 7) is 8.54. The van der Waals surface area contributed by atoms with Crippen molar-refractivity contribution in [3.05, 3.63) is 28.8 Å². The van der Waals surface area contributed by atoms with Crippen molar-refractivity contribution in [1.82, 2.24) is 9.80 Å². The molecule has 0 atom stereocenters. The molecule has 1 fully saturated rings. The summed E-state index contributed by atoms with van der Waals surface area (Å²) in [6.07, 6.45) is 1.80. The maximum Gasteiger partial charge on any atom is 0.227 e. The van der Waals surface area contributed by atoms with Crippen LogP contribution in [-0.2, 0) is 16.0 Å². The van der Waals surface area contributed by atoms with Crippen LogP contribution in [0, 0.1) is 13.8 Å². The highest BCUT2D eigenvalue weighted by molar-refractivity contribution is 5.81. The molecule has 5 nitrogen and oxygen atoms in total. The fraction of sp³-hybridized carbons (Fsp3) is 0.579. The SMILES string of the molecule is CCCC(=O)N1CCN(C(=O)Cc2c(C)cc(C)cc2OC)CC1. The zero-order chi connectivity index (χ0) is 17.7. The van der Waals surface area contributed by atoms with Crippen molar-refractivity contribution >= 4 is 11.8 Å². The van der Waals surface area contributed by atoms with Crippen LogP contribution in [0.2, 0.25) is 0 Å². The van der Waals surface area contributed by atoms with Crippen LogP contribution in [0.5, 0.6) is 5.75 Å². The molecule has 132 valence electrons. The average Bonchev–Trinajstić information content (AvgIpc) is 2.57. The van der Waals surface area contributed by atoms with Gasteiger partial charge in [-0.05, 0) is 37.5 Å². The molecule has 5 heteroatoms. The Labute approximate surface area is 144 Å². The van der Waals surface area contributed by atoms with Gasteiger partial charge in [-0.3, -0.25) is 9.59 Å². The fourth-order valence-electron chi connectivity index (χ4n) is 3.21. The van der Waals surface area contributed by atoms with Crippen LogP contribution in [0.15, 0.2) is 12.1 Å². The van der Waals surface area contributed by atoms with Crippen LogP contribution in [0.1, 0.15) is 36.5 Å². The molecule has 1 aliphatic heterocycles. The first-order chi connectivity index (χ1) is 11.5. The Morgan fingerprint density at radius 1 is 1.04 bits per heavy atom. The second kappa shape index (κ2) is 8.18. The highest BCUT2D eigenvalue weighted by atomic mass is 16.5. The van der Waals surface area contributed by atoms with E-state index in [0.29, 0.717) is 39.0 Å². The maximum atomic E-state index is 12.6. The lowest BCUT2D eigenvalue weighted by Crippen LogP contribution is -2.51. The Hall–Kier alpha value is -2.04. The number of piperazine rings is 1. The molecule has 1 aliphatic rings. The van der Waals surface area contributed by atoms with E-state index >= 15 is 0 Å². The predicted octanol–water partition coefficient (Wildman–Crippen LogP) is 2.33. The molecule has 1 heterocycles. The Bertz CT molecular complexity index is 605. The van der Waals surface area contributed by atoms with E-state index in [2.05, 4.69) is 6.07 Å². The number of nitrogens with zero attached hydrogens (tertiary/aromatic N) is 2. The molecule has 2 rings (SSSR count). The molecule has 0 saturated carbocycles. The molecule has 1 saturated heterocycles. The van der Waals surface area contributed by atoms with E-state index in [1.807, 2.05) is 36.6 Å². The van der Waals surface area contributed by atoms with Crippen LogP contribution < -0.4 is 4.74 Å². The summed E-state index contributed by atoms with van der Waals surface area (Å²) in [6, 6.07) is 4.05. The Balaban J connectivity index is 1.99. The molecule has 0 unspecified atom stereocenters. The number of hydrogen-bond donors (Lipinski definition) is 0. The number of amides is 2. The first kappa shape index (κ1) is 18.3. The number of carbonyl (C=O) groups is 2. The third kappa shape index (κ3) is 4.28. The summed E-state index contributed by atoms with van der Waals surface area (Å²) in [5.74, 6) is 1.07. The minimum Gasteiger partial charge on any atom is -0.496 e. The van der Waals surface area contributed by atoms with Crippen molar-refractivity contribution in [2.45, 2.75) is 40.0 Å². The Morgan fingerprint density at radius 3 is 2.17 bits per heavy atom. The number of aryl methyl sites for hydroxylation is 2. The van der Waals surface area contributed by atoms with Gasteiger partial charge in [0.2, 0.25) is 11.8 Å². The van der Waals surface area contributed by atoms with Gasteiger partial charge in [-0.2, -0.15) is 0 Å². The summed E-state index contributed by atoms with van der Waals surface area (Å²) in [7, 11) is 1.64. The molecule has 0 radical (unpaired) electrons. The van der Waals surface area contributed by atoms with Crippen LogP contribution in [0.25, 0.3) is 0 Å². The van der Waals surface area contributed by atoms with Crippen LogP contribution in [0.3, 0.4) is 0 Å². The highest BCUT2D eigenvalue weighted by Gasteiger charge is 2.24. The van der Waals surface area contributed by atoms with Gasteiger partial charge in [0.1, 0.15) is 5.75 Å². The van der Waals surface area contributed by atoms with Gasteiger partial charge in [-0.15, -0.1) is 0 Å². The van der Waals surface area contributed by atoms with Gasteiger partial charge in [-0.1, -0.05) is 13.0 Å². The second-order valence-corrected chi connectivity index (χ2v) is 6.45. The lowest BCUT2D eigenvalue weighted by atomic mass is 10.0. The minimum absolute atomic E-state index is 0.0999. The number of benzene rings is 1. The quantitative estimate of drug-likeness (QED) is 0.831. The van der Waals surface area contributed by atoms with Crippen LogP contribution in [-0.4, -0.2) is 54.9 Å². The van der Waals surface area contributed by atoms with E-state index in [4.69, 9.17) is 4.74 Å². The second-order valence-electron chi connectivity index (χ2n) is 6.45. The molecule has 0 aromatic heterocycles. The van der Waals surface area contributed by atoms with Crippen molar-refractivity contribution in [2.24, 2.45) is 0 Å². The molecule has 0 bridgehead atoms. The van der Waals surface area contributed by atoms with Gasteiger partial charge < -0.3 is 14.5 Å². The molecule has 1 aromatic rings. The number of rotatable bonds is 5. The van der Waals surface area contributed by atoms with Gasteiger partial charge in [0, 0.05) is 38.2 Å². The number of carbonyl (C=O) groups excluding carboxylic acids is 2. The number of methoxy groups -OCH3 is 1. The molecular weight excluding hydrogens is 304 g/mol. The Morgan fingerprint density at radius 2 is 1.62 bits per heavy atom. The van der Waals surface area contributed by atoms with Gasteiger partial charge in [0.15, 0.2) is 0 Å². The largest absolute Gasteiger partial charge is 0.496 e. The highest BCUT2D eigenvalue weighted by Crippen LogP contribution is 2.25. The minimum atomic E-state index is 0.0999. The average molecular weight is 332 g/mol. The van der Waals surface area contributed by atoms with Gasteiger partial charge in [0.05, 0.1) is 13.5 Å². The van der Waals surface area contributed by atoms with Gasteiger partial charge in [0.25, 0.3) is 0 Å². The maximum absolute atomic E-state index is 12.6. The lowest BCUT2D eigenvalue weighted by Gasteiger charge is -2.35. The van der Waals surface area contributed by atoms with E-state index in [9.17, 15) is 9.59 Å². The zero-order valence-electron chi connectivity index (χ0n) is 15.2. The monoisotopic (exact) mass is 332 g/mol. The molecule has 0 N–H and O–H groups in total. The first-order valence-electron chi connectivity index (χ1n) is 8.66. The van der Waals surface area contributed by atoms with Crippen molar-refractivity contribution in [3.8, 4) is 5.75 Å².